The van der Waals surface area contributed by atoms with Crippen LogP contribution in [-0.4, -0.2) is 10.5 Å². The first-order valence-corrected chi connectivity index (χ1v) is 7.84. The number of nitriles is 1. The predicted octanol–water partition coefficient (Wildman–Crippen LogP) is 3.10. The number of carbonyl (C=O) groups is 1. The predicted molar refractivity (Wildman–Crippen MR) is 94.1 cm³/mol. The van der Waals surface area contributed by atoms with Gasteiger partial charge in [0.25, 0.3) is 5.56 Å². The third-order valence-corrected chi connectivity index (χ3v) is 3.98. The van der Waals surface area contributed by atoms with Gasteiger partial charge in [0.15, 0.2) is 0 Å². The van der Waals surface area contributed by atoms with Gasteiger partial charge in [0.1, 0.15) is 18.2 Å². The molecule has 0 bridgehead atoms. The SMILES string of the molecule is Cc1cc(C)n(CC(=O)Nc2ccc(C(C)C)cc2)c(=O)c1C#N. The Bertz CT molecular complexity index is 856. The molecule has 0 aliphatic heterocycles. The van der Waals surface area contributed by atoms with Crippen LogP contribution in [0.1, 0.15) is 42.1 Å². The smallest absolute Gasteiger partial charge is 0.269 e. The van der Waals surface area contributed by atoms with Crippen molar-refractivity contribution in [2.75, 3.05) is 5.32 Å². The summed E-state index contributed by atoms with van der Waals surface area (Å²) in [6.45, 7) is 7.55. The molecule has 0 aliphatic carbocycles. The lowest BCUT2D eigenvalue weighted by atomic mass is 10.0. The second-order valence-electron chi connectivity index (χ2n) is 6.17. The van der Waals surface area contributed by atoms with Crippen molar-refractivity contribution in [1.29, 1.82) is 5.26 Å². The molecule has 0 saturated heterocycles. The molecule has 1 N–H and O–H groups in total. The highest BCUT2D eigenvalue weighted by molar-refractivity contribution is 5.90. The van der Waals surface area contributed by atoms with Crippen LogP contribution in [0.15, 0.2) is 35.1 Å². The number of hydrogen-bond acceptors (Lipinski definition) is 3. The molecule has 0 unspecified atom stereocenters. The average Bonchev–Trinajstić information content (AvgIpc) is 2.52. The Morgan fingerprint density at radius 2 is 1.88 bits per heavy atom. The molecule has 2 aromatic rings. The summed E-state index contributed by atoms with van der Waals surface area (Å²) in [5.41, 5.74) is 2.80. The maximum atomic E-state index is 12.3. The van der Waals surface area contributed by atoms with Crippen LogP contribution in [0.5, 0.6) is 0 Å². The molecular weight excluding hydrogens is 302 g/mol. The fraction of sp³-hybridized carbons (Fsp3) is 0.316. The fourth-order valence-electron chi connectivity index (χ4n) is 2.56. The molecule has 1 amide bonds. The van der Waals surface area contributed by atoms with Gasteiger partial charge >= 0.3 is 0 Å². The lowest BCUT2D eigenvalue weighted by Crippen LogP contribution is -2.31. The number of pyridine rings is 1. The molecule has 1 heterocycles. The summed E-state index contributed by atoms with van der Waals surface area (Å²) in [6.07, 6.45) is 0. The van der Waals surface area contributed by atoms with Crippen molar-refractivity contribution in [1.82, 2.24) is 4.57 Å². The Morgan fingerprint density at radius 1 is 1.25 bits per heavy atom. The van der Waals surface area contributed by atoms with E-state index in [4.69, 9.17) is 5.26 Å². The number of benzene rings is 1. The van der Waals surface area contributed by atoms with Crippen molar-refractivity contribution in [3.8, 4) is 6.07 Å². The molecule has 0 aliphatic rings. The van der Waals surface area contributed by atoms with E-state index in [1.165, 1.54) is 10.1 Å². The van der Waals surface area contributed by atoms with E-state index in [2.05, 4.69) is 19.2 Å². The van der Waals surface area contributed by atoms with Gasteiger partial charge in [-0.2, -0.15) is 5.26 Å². The fourth-order valence-corrected chi connectivity index (χ4v) is 2.56. The molecule has 0 saturated carbocycles. The molecule has 0 atom stereocenters. The maximum absolute atomic E-state index is 12.3. The van der Waals surface area contributed by atoms with Gasteiger partial charge in [0, 0.05) is 11.4 Å². The van der Waals surface area contributed by atoms with E-state index in [9.17, 15) is 9.59 Å². The third kappa shape index (κ3) is 3.72. The summed E-state index contributed by atoms with van der Waals surface area (Å²) >= 11 is 0. The number of anilines is 1. The minimum absolute atomic E-state index is 0.0784. The van der Waals surface area contributed by atoms with Gasteiger partial charge in [-0.15, -0.1) is 0 Å². The van der Waals surface area contributed by atoms with Gasteiger partial charge in [0.05, 0.1) is 0 Å². The normalized spacial score (nSPS) is 10.5. The van der Waals surface area contributed by atoms with Crippen LogP contribution in [0.2, 0.25) is 0 Å². The lowest BCUT2D eigenvalue weighted by Gasteiger charge is -2.12. The van der Waals surface area contributed by atoms with Crippen LogP contribution in [0.4, 0.5) is 5.69 Å². The lowest BCUT2D eigenvalue weighted by molar-refractivity contribution is -0.116. The average molecular weight is 323 g/mol. The number of rotatable bonds is 4. The molecule has 5 heteroatoms. The molecule has 5 nitrogen and oxygen atoms in total. The molecule has 1 aromatic carbocycles. The van der Waals surface area contributed by atoms with Crippen LogP contribution < -0.4 is 10.9 Å². The van der Waals surface area contributed by atoms with Gasteiger partial charge in [-0.25, -0.2) is 0 Å². The van der Waals surface area contributed by atoms with E-state index in [0.717, 1.165) is 0 Å². The number of nitrogens with zero attached hydrogens (tertiary/aromatic N) is 2. The first-order chi connectivity index (χ1) is 11.3. The number of hydrogen-bond donors (Lipinski definition) is 1. The second-order valence-corrected chi connectivity index (χ2v) is 6.17. The van der Waals surface area contributed by atoms with E-state index >= 15 is 0 Å². The quantitative estimate of drug-likeness (QED) is 0.939. The maximum Gasteiger partial charge on any atom is 0.269 e. The third-order valence-electron chi connectivity index (χ3n) is 3.98. The molecule has 0 radical (unpaired) electrons. The number of aryl methyl sites for hydroxylation is 2. The van der Waals surface area contributed by atoms with Crippen LogP contribution >= 0.6 is 0 Å². The van der Waals surface area contributed by atoms with Gasteiger partial charge in [0.2, 0.25) is 5.91 Å². The highest BCUT2D eigenvalue weighted by atomic mass is 16.2. The van der Waals surface area contributed by atoms with Gasteiger partial charge < -0.3 is 9.88 Å². The van der Waals surface area contributed by atoms with E-state index < -0.39 is 5.56 Å². The topological polar surface area (TPSA) is 74.9 Å². The summed E-state index contributed by atoms with van der Waals surface area (Å²) in [4.78, 5) is 24.5. The first kappa shape index (κ1) is 17.5. The molecule has 0 spiro atoms. The molecule has 1 aromatic heterocycles. The Morgan fingerprint density at radius 3 is 2.42 bits per heavy atom. The minimum atomic E-state index is -0.430. The summed E-state index contributed by atoms with van der Waals surface area (Å²) in [6, 6.07) is 11.3. The summed E-state index contributed by atoms with van der Waals surface area (Å²) in [5.74, 6) is 0.123. The zero-order valence-electron chi connectivity index (χ0n) is 14.4. The molecule has 0 fully saturated rings. The number of nitrogens with one attached hydrogen (secondary N) is 1. The standard InChI is InChI=1S/C19H21N3O2/c1-12(2)15-5-7-16(8-6-15)21-18(23)11-22-14(4)9-13(3)17(10-20)19(22)24/h5-9,12H,11H2,1-4H3,(H,21,23). The van der Waals surface area contributed by atoms with Crippen molar-refractivity contribution < 1.29 is 4.79 Å². The number of aromatic nitrogens is 1. The zero-order chi connectivity index (χ0) is 17.9. The highest BCUT2D eigenvalue weighted by Gasteiger charge is 2.13. The van der Waals surface area contributed by atoms with E-state index in [1.807, 2.05) is 30.3 Å². The van der Waals surface area contributed by atoms with Crippen LogP contribution in [-0.2, 0) is 11.3 Å². The van der Waals surface area contributed by atoms with Crippen molar-refractivity contribution in [2.45, 2.75) is 40.2 Å². The van der Waals surface area contributed by atoms with Crippen LogP contribution in [0.3, 0.4) is 0 Å². The Labute approximate surface area is 141 Å². The van der Waals surface area contributed by atoms with Gasteiger partial charge in [-0.3, -0.25) is 9.59 Å². The van der Waals surface area contributed by atoms with E-state index in [1.54, 1.807) is 19.9 Å². The minimum Gasteiger partial charge on any atom is -0.325 e. The van der Waals surface area contributed by atoms with Crippen molar-refractivity contribution in [2.24, 2.45) is 0 Å². The summed E-state index contributed by atoms with van der Waals surface area (Å²) in [5, 5.41) is 11.9. The second kappa shape index (κ2) is 7.14. The van der Waals surface area contributed by atoms with E-state index in [0.29, 0.717) is 22.9 Å². The summed E-state index contributed by atoms with van der Waals surface area (Å²) in [7, 11) is 0. The Balaban J connectivity index is 2.19. The van der Waals surface area contributed by atoms with Crippen LogP contribution in [0, 0.1) is 25.2 Å². The number of amides is 1. The van der Waals surface area contributed by atoms with Gasteiger partial charge in [-0.1, -0.05) is 26.0 Å². The Kier molecular flexibility index (Phi) is 5.20. The van der Waals surface area contributed by atoms with Crippen molar-refractivity contribution in [3.63, 3.8) is 0 Å². The number of carbonyl (C=O) groups excluding carboxylic acids is 1. The monoisotopic (exact) mass is 323 g/mol. The zero-order valence-corrected chi connectivity index (χ0v) is 14.4. The molecular formula is C19H21N3O2. The van der Waals surface area contributed by atoms with E-state index in [-0.39, 0.29) is 18.0 Å². The molecule has 24 heavy (non-hydrogen) atoms. The first-order valence-electron chi connectivity index (χ1n) is 7.84. The van der Waals surface area contributed by atoms with Crippen LogP contribution in [0.25, 0.3) is 0 Å². The largest absolute Gasteiger partial charge is 0.325 e. The highest BCUT2D eigenvalue weighted by Crippen LogP contribution is 2.17. The molecule has 2 rings (SSSR count). The van der Waals surface area contributed by atoms with Crippen molar-refractivity contribution in [3.05, 3.63) is 63.1 Å². The summed E-state index contributed by atoms with van der Waals surface area (Å²) < 4.78 is 1.32. The molecule has 124 valence electrons. The van der Waals surface area contributed by atoms with Crippen molar-refractivity contribution >= 4 is 11.6 Å². The van der Waals surface area contributed by atoms with Gasteiger partial charge in [-0.05, 0) is 49.1 Å². The Hall–Kier alpha value is -2.87.